The lowest BCUT2D eigenvalue weighted by Crippen LogP contribution is -2.39. The minimum absolute atomic E-state index is 0.248. The number of fused-ring (bicyclic) bond motifs is 1. The van der Waals surface area contributed by atoms with Crippen LogP contribution < -0.4 is 10.1 Å². The highest BCUT2D eigenvalue weighted by atomic mass is 35.5. The molecule has 0 saturated carbocycles. The SMILES string of the molecule is CCC1Oc2c(C)cc(Cl)cc2NC1C. The molecule has 1 aromatic carbocycles. The minimum Gasteiger partial charge on any atom is -0.486 e. The normalized spacial score (nSPS) is 24.0. The van der Waals surface area contributed by atoms with Crippen molar-refractivity contribution in [2.45, 2.75) is 39.3 Å². The highest BCUT2D eigenvalue weighted by Gasteiger charge is 2.25. The number of aryl methyl sites for hydroxylation is 1. The van der Waals surface area contributed by atoms with Crippen molar-refractivity contribution in [3.05, 3.63) is 22.7 Å². The zero-order chi connectivity index (χ0) is 11.0. The molecule has 1 N–H and O–H groups in total. The first kappa shape index (κ1) is 10.6. The maximum Gasteiger partial charge on any atom is 0.145 e. The van der Waals surface area contributed by atoms with E-state index in [4.69, 9.17) is 16.3 Å². The summed E-state index contributed by atoms with van der Waals surface area (Å²) in [6, 6.07) is 4.19. The van der Waals surface area contributed by atoms with Gasteiger partial charge in [-0.2, -0.15) is 0 Å². The predicted octanol–water partition coefficient (Wildman–Crippen LogP) is 3.62. The van der Waals surface area contributed by atoms with Crippen LogP contribution in [-0.2, 0) is 0 Å². The maximum absolute atomic E-state index is 6.00. The first-order valence-corrected chi connectivity index (χ1v) is 5.73. The summed E-state index contributed by atoms with van der Waals surface area (Å²) in [5.41, 5.74) is 2.10. The molecule has 15 heavy (non-hydrogen) atoms. The van der Waals surface area contributed by atoms with Gasteiger partial charge < -0.3 is 10.1 Å². The van der Waals surface area contributed by atoms with Crippen LogP contribution in [0.2, 0.25) is 5.02 Å². The fraction of sp³-hybridized carbons (Fsp3) is 0.500. The van der Waals surface area contributed by atoms with Gasteiger partial charge in [-0.1, -0.05) is 18.5 Å². The van der Waals surface area contributed by atoms with Crippen LogP contribution in [0.15, 0.2) is 12.1 Å². The first-order chi connectivity index (χ1) is 7.11. The summed E-state index contributed by atoms with van der Waals surface area (Å²) in [6.45, 7) is 6.29. The number of halogens is 1. The molecule has 82 valence electrons. The van der Waals surface area contributed by atoms with Crippen LogP contribution in [0.5, 0.6) is 5.75 Å². The Balaban J connectivity index is 2.40. The number of hydrogen-bond donors (Lipinski definition) is 1. The number of rotatable bonds is 1. The third-order valence-electron chi connectivity index (χ3n) is 2.85. The Bertz CT molecular complexity index is 378. The van der Waals surface area contributed by atoms with E-state index in [1.54, 1.807) is 0 Å². The van der Waals surface area contributed by atoms with Crippen molar-refractivity contribution in [2.24, 2.45) is 0 Å². The van der Waals surface area contributed by atoms with Crippen molar-refractivity contribution in [1.82, 2.24) is 0 Å². The predicted molar refractivity (Wildman–Crippen MR) is 64.0 cm³/mol. The van der Waals surface area contributed by atoms with Gasteiger partial charge in [-0.05, 0) is 38.0 Å². The van der Waals surface area contributed by atoms with Crippen molar-refractivity contribution in [2.75, 3.05) is 5.32 Å². The van der Waals surface area contributed by atoms with Crippen molar-refractivity contribution >= 4 is 17.3 Å². The third kappa shape index (κ3) is 1.91. The molecule has 2 nitrogen and oxygen atoms in total. The van der Waals surface area contributed by atoms with Crippen molar-refractivity contribution in [3.8, 4) is 5.75 Å². The molecule has 0 aliphatic carbocycles. The molecule has 2 atom stereocenters. The molecule has 1 heterocycles. The van der Waals surface area contributed by atoms with Crippen LogP contribution in [0.3, 0.4) is 0 Å². The fourth-order valence-corrected chi connectivity index (χ4v) is 2.29. The Kier molecular flexibility index (Phi) is 2.79. The topological polar surface area (TPSA) is 21.3 Å². The van der Waals surface area contributed by atoms with Gasteiger partial charge in [-0.15, -0.1) is 0 Å². The minimum atomic E-state index is 0.248. The standard InChI is InChI=1S/C12H16ClNO/c1-4-11-8(3)14-10-6-9(13)5-7(2)12(10)15-11/h5-6,8,11,14H,4H2,1-3H3. The van der Waals surface area contributed by atoms with E-state index < -0.39 is 0 Å². The lowest BCUT2D eigenvalue weighted by atomic mass is 10.1. The molecule has 0 bridgehead atoms. The Morgan fingerprint density at radius 2 is 2.20 bits per heavy atom. The first-order valence-electron chi connectivity index (χ1n) is 5.35. The molecule has 0 fully saturated rings. The van der Waals surface area contributed by atoms with Crippen LogP contribution >= 0.6 is 11.6 Å². The van der Waals surface area contributed by atoms with Crippen molar-refractivity contribution in [1.29, 1.82) is 0 Å². The summed E-state index contributed by atoms with van der Waals surface area (Å²) in [6.07, 6.45) is 1.26. The number of ether oxygens (including phenoxy) is 1. The smallest absolute Gasteiger partial charge is 0.145 e. The van der Waals surface area contributed by atoms with Gasteiger partial charge in [0.05, 0.1) is 11.7 Å². The number of benzene rings is 1. The van der Waals surface area contributed by atoms with Crippen LogP contribution in [0.4, 0.5) is 5.69 Å². The highest BCUT2D eigenvalue weighted by molar-refractivity contribution is 6.31. The number of hydrogen-bond acceptors (Lipinski definition) is 2. The largest absolute Gasteiger partial charge is 0.486 e. The van der Waals surface area contributed by atoms with Gasteiger partial charge in [-0.25, -0.2) is 0 Å². The van der Waals surface area contributed by atoms with E-state index >= 15 is 0 Å². The van der Waals surface area contributed by atoms with E-state index in [9.17, 15) is 0 Å². The Hall–Kier alpha value is -0.890. The van der Waals surface area contributed by atoms with E-state index in [1.807, 2.05) is 19.1 Å². The third-order valence-corrected chi connectivity index (χ3v) is 3.07. The molecule has 0 spiro atoms. The second-order valence-corrected chi connectivity index (χ2v) is 4.53. The highest BCUT2D eigenvalue weighted by Crippen LogP contribution is 2.37. The van der Waals surface area contributed by atoms with E-state index in [1.165, 1.54) is 0 Å². The van der Waals surface area contributed by atoms with Crippen molar-refractivity contribution in [3.63, 3.8) is 0 Å². The van der Waals surface area contributed by atoms with Gasteiger partial charge in [0.15, 0.2) is 0 Å². The molecule has 0 aromatic heterocycles. The molecular formula is C12H16ClNO. The quantitative estimate of drug-likeness (QED) is 0.788. The zero-order valence-electron chi connectivity index (χ0n) is 9.30. The van der Waals surface area contributed by atoms with Gasteiger partial charge in [-0.3, -0.25) is 0 Å². The van der Waals surface area contributed by atoms with Crippen LogP contribution in [0.1, 0.15) is 25.8 Å². The molecule has 3 heteroatoms. The van der Waals surface area contributed by atoms with Crippen LogP contribution in [0.25, 0.3) is 0 Å². The Labute approximate surface area is 95.6 Å². The molecule has 1 aromatic rings. The summed E-state index contributed by atoms with van der Waals surface area (Å²) in [5, 5.41) is 4.19. The summed E-state index contributed by atoms with van der Waals surface area (Å²) in [7, 11) is 0. The molecule has 0 amide bonds. The summed E-state index contributed by atoms with van der Waals surface area (Å²) >= 11 is 6.00. The van der Waals surface area contributed by atoms with E-state index in [0.29, 0.717) is 6.04 Å². The zero-order valence-corrected chi connectivity index (χ0v) is 10.1. The molecule has 0 saturated heterocycles. The maximum atomic E-state index is 6.00. The summed E-state index contributed by atoms with van der Waals surface area (Å²) in [5.74, 6) is 0.948. The molecule has 1 aliphatic rings. The van der Waals surface area contributed by atoms with E-state index in [2.05, 4.69) is 19.2 Å². The van der Waals surface area contributed by atoms with Crippen LogP contribution in [0, 0.1) is 6.92 Å². The molecular weight excluding hydrogens is 210 g/mol. The molecule has 2 unspecified atom stereocenters. The molecule has 1 aliphatic heterocycles. The number of anilines is 1. The van der Waals surface area contributed by atoms with Crippen LogP contribution in [-0.4, -0.2) is 12.1 Å². The summed E-state index contributed by atoms with van der Waals surface area (Å²) in [4.78, 5) is 0. The van der Waals surface area contributed by atoms with Gasteiger partial charge >= 0.3 is 0 Å². The van der Waals surface area contributed by atoms with E-state index in [0.717, 1.165) is 28.4 Å². The average molecular weight is 226 g/mol. The monoisotopic (exact) mass is 225 g/mol. The van der Waals surface area contributed by atoms with Gasteiger partial charge in [0.1, 0.15) is 11.9 Å². The van der Waals surface area contributed by atoms with Crippen molar-refractivity contribution < 1.29 is 4.74 Å². The van der Waals surface area contributed by atoms with Gasteiger partial charge in [0.25, 0.3) is 0 Å². The average Bonchev–Trinajstić information content (AvgIpc) is 2.16. The van der Waals surface area contributed by atoms with Gasteiger partial charge in [0, 0.05) is 5.02 Å². The summed E-state index contributed by atoms with van der Waals surface area (Å²) < 4.78 is 5.96. The molecule has 2 rings (SSSR count). The lowest BCUT2D eigenvalue weighted by Gasteiger charge is -2.33. The fourth-order valence-electron chi connectivity index (χ4n) is 2.02. The molecule has 0 radical (unpaired) electrons. The second-order valence-electron chi connectivity index (χ2n) is 4.10. The lowest BCUT2D eigenvalue weighted by molar-refractivity contribution is 0.169. The van der Waals surface area contributed by atoms with E-state index in [-0.39, 0.29) is 6.10 Å². The Morgan fingerprint density at radius 3 is 2.87 bits per heavy atom. The number of nitrogens with one attached hydrogen (secondary N) is 1. The Morgan fingerprint density at radius 1 is 1.47 bits per heavy atom. The van der Waals surface area contributed by atoms with Gasteiger partial charge in [0.2, 0.25) is 0 Å². The second kappa shape index (κ2) is 3.93.